The van der Waals surface area contributed by atoms with E-state index >= 15 is 0 Å². The summed E-state index contributed by atoms with van der Waals surface area (Å²) in [5, 5.41) is 12.6. The highest BCUT2D eigenvalue weighted by Crippen LogP contribution is 2.37. The number of aliphatic carboxylic acids is 1. The minimum absolute atomic E-state index is 0.175. The zero-order chi connectivity index (χ0) is 26.0. The summed E-state index contributed by atoms with van der Waals surface area (Å²) in [6, 6.07) is 6.81. The number of carbonyl (C=O) groups is 2. The second-order valence-corrected chi connectivity index (χ2v) is 11.7. The van der Waals surface area contributed by atoms with Crippen LogP contribution in [0.2, 0.25) is 0 Å². The fourth-order valence-electron chi connectivity index (χ4n) is 4.65. The van der Waals surface area contributed by atoms with Gasteiger partial charge in [-0.25, -0.2) is 9.59 Å². The summed E-state index contributed by atoms with van der Waals surface area (Å²) in [5.74, 6) is -1.25. The zero-order valence-electron chi connectivity index (χ0n) is 22.1. The van der Waals surface area contributed by atoms with Crippen LogP contribution in [0.15, 0.2) is 30.3 Å². The number of rotatable bonds is 7. The van der Waals surface area contributed by atoms with Gasteiger partial charge in [-0.3, -0.25) is 0 Å². The van der Waals surface area contributed by atoms with E-state index in [1.54, 1.807) is 20.8 Å². The van der Waals surface area contributed by atoms with Crippen molar-refractivity contribution in [3.8, 4) is 0 Å². The number of carboxylic acid groups (broad SMARTS) is 1. The third-order valence-corrected chi connectivity index (χ3v) is 7.21. The van der Waals surface area contributed by atoms with Gasteiger partial charge in [0.15, 0.2) is 0 Å². The van der Waals surface area contributed by atoms with E-state index in [9.17, 15) is 14.7 Å². The number of carboxylic acids is 1. The third-order valence-electron chi connectivity index (χ3n) is 7.21. The van der Waals surface area contributed by atoms with Crippen LogP contribution in [0, 0.1) is 11.8 Å². The van der Waals surface area contributed by atoms with Gasteiger partial charge in [-0.15, -0.1) is 0 Å². The summed E-state index contributed by atoms with van der Waals surface area (Å²) < 4.78 is 17.7. The lowest BCUT2D eigenvalue weighted by Crippen LogP contribution is -2.48. The van der Waals surface area contributed by atoms with Crippen LogP contribution in [-0.2, 0) is 18.8 Å². The minimum Gasteiger partial charge on any atom is -0.480 e. The summed E-state index contributed by atoms with van der Waals surface area (Å²) in [5.41, 5.74) is 0.254. The quantitative estimate of drug-likeness (QED) is 0.540. The smallest absolute Gasteiger partial charge is 0.480 e. The van der Waals surface area contributed by atoms with E-state index in [1.165, 1.54) is 0 Å². The molecule has 1 amide bonds. The summed E-state index contributed by atoms with van der Waals surface area (Å²) >= 11 is 0. The van der Waals surface area contributed by atoms with Crippen molar-refractivity contribution in [1.82, 2.24) is 5.32 Å². The lowest BCUT2D eigenvalue weighted by molar-refractivity contribution is -0.141. The molecule has 1 aliphatic heterocycles. The Morgan fingerprint density at radius 1 is 1.14 bits per heavy atom. The van der Waals surface area contributed by atoms with Crippen molar-refractivity contribution in [1.29, 1.82) is 0 Å². The molecule has 0 bridgehead atoms. The summed E-state index contributed by atoms with van der Waals surface area (Å²) in [4.78, 5) is 24.6. The molecular weight excluding hydrogens is 445 g/mol. The van der Waals surface area contributed by atoms with Gasteiger partial charge in [-0.2, -0.15) is 0 Å². The first-order chi connectivity index (χ1) is 16.2. The molecule has 1 unspecified atom stereocenters. The first-order valence-corrected chi connectivity index (χ1v) is 12.5. The van der Waals surface area contributed by atoms with Gasteiger partial charge in [0, 0.05) is 5.92 Å². The molecule has 2 fully saturated rings. The highest BCUT2D eigenvalue weighted by atomic mass is 16.7. The number of amides is 1. The molecule has 8 heteroatoms. The molecule has 1 aliphatic carbocycles. The van der Waals surface area contributed by atoms with Crippen LogP contribution in [0.5, 0.6) is 0 Å². The Bertz CT molecular complexity index is 929. The maximum absolute atomic E-state index is 12.4. The van der Waals surface area contributed by atoms with Crippen molar-refractivity contribution < 1.29 is 28.7 Å². The van der Waals surface area contributed by atoms with Gasteiger partial charge < -0.3 is 24.5 Å². The monoisotopic (exact) mass is 485 g/mol. The van der Waals surface area contributed by atoms with Crippen LogP contribution in [-0.4, -0.2) is 47.1 Å². The molecule has 2 N–H and O–H groups in total. The molecule has 2 atom stereocenters. The largest absolute Gasteiger partial charge is 0.494 e. The highest BCUT2D eigenvalue weighted by molar-refractivity contribution is 6.62. The predicted octanol–water partition coefficient (Wildman–Crippen LogP) is 4.78. The van der Waals surface area contributed by atoms with Gasteiger partial charge in [0.2, 0.25) is 0 Å². The van der Waals surface area contributed by atoms with Crippen LogP contribution in [0.3, 0.4) is 0 Å². The Hall–Kier alpha value is -2.32. The lowest BCUT2D eigenvalue weighted by atomic mass is 9.78. The van der Waals surface area contributed by atoms with Gasteiger partial charge in [0.25, 0.3) is 0 Å². The van der Waals surface area contributed by atoms with Crippen LogP contribution < -0.4 is 10.8 Å². The van der Waals surface area contributed by atoms with Crippen LogP contribution in [0.4, 0.5) is 4.79 Å². The fraction of sp³-hybridized carbons (Fsp3) is 0.630. The Kier molecular flexibility index (Phi) is 8.07. The molecule has 1 aromatic carbocycles. The molecule has 192 valence electrons. The average molecular weight is 485 g/mol. The van der Waals surface area contributed by atoms with Gasteiger partial charge in [0.05, 0.1) is 11.2 Å². The SMILES string of the molecule is CC(C)(C)OC(=O)N[C@H](C(=O)O)C(/C=C/c1cccc(B2OC(C)(C)C(C)(C)O2)c1)C1CCCC1. The van der Waals surface area contributed by atoms with E-state index in [0.29, 0.717) is 0 Å². The van der Waals surface area contributed by atoms with E-state index in [0.717, 1.165) is 36.7 Å². The second-order valence-electron chi connectivity index (χ2n) is 11.7. The molecule has 7 nitrogen and oxygen atoms in total. The van der Waals surface area contributed by atoms with Gasteiger partial charge in [-0.1, -0.05) is 49.3 Å². The Labute approximate surface area is 209 Å². The highest BCUT2D eigenvalue weighted by Gasteiger charge is 2.51. The third kappa shape index (κ3) is 6.88. The van der Waals surface area contributed by atoms with Crippen LogP contribution in [0.1, 0.15) is 79.7 Å². The van der Waals surface area contributed by atoms with E-state index in [2.05, 4.69) is 5.32 Å². The van der Waals surface area contributed by atoms with Crippen molar-refractivity contribution >= 4 is 30.7 Å². The molecule has 2 aliphatic rings. The van der Waals surface area contributed by atoms with Crippen molar-refractivity contribution in [3.05, 3.63) is 35.9 Å². The molecule has 35 heavy (non-hydrogen) atoms. The summed E-state index contributed by atoms with van der Waals surface area (Å²) in [6.07, 6.45) is 7.13. The van der Waals surface area contributed by atoms with Gasteiger partial charge in [0.1, 0.15) is 11.6 Å². The van der Waals surface area contributed by atoms with Crippen LogP contribution in [0.25, 0.3) is 6.08 Å². The van der Waals surface area contributed by atoms with Crippen molar-refractivity contribution in [2.24, 2.45) is 11.8 Å². The maximum atomic E-state index is 12.4. The van der Waals surface area contributed by atoms with Gasteiger partial charge >= 0.3 is 19.2 Å². The molecule has 0 aromatic heterocycles. The fourth-order valence-corrected chi connectivity index (χ4v) is 4.65. The number of carbonyl (C=O) groups excluding carboxylic acids is 1. The first-order valence-electron chi connectivity index (χ1n) is 12.5. The molecule has 0 radical (unpaired) electrons. The standard InChI is InChI=1S/C27H40BNO6/c1-25(2,3)33-24(32)29-22(23(30)31)21(19-12-8-9-13-19)16-15-18-11-10-14-20(17-18)28-34-26(4,5)27(6,7)35-28/h10-11,14-17,19,21-22H,8-9,12-13H2,1-7H3,(H,29,32)(H,30,31)/b16-15+/t21?,22-/m0/s1. The number of hydrogen-bond acceptors (Lipinski definition) is 5. The lowest BCUT2D eigenvalue weighted by Gasteiger charge is -2.32. The molecule has 3 rings (SSSR count). The normalized spacial score (nSPS) is 21.7. The van der Waals surface area contributed by atoms with Crippen molar-refractivity contribution in [3.63, 3.8) is 0 Å². The number of ether oxygens (including phenoxy) is 1. The van der Waals surface area contributed by atoms with E-state index in [1.807, 2.05) is 64.1 Å². The molecular formula is C27H40BNO6. The first kappa shape index (κ1) is 27.3. The van der Waals surface area contributed by atoms with Crippen LogP contribution >= 0.6 is 0 Å². The number of benzene rings is 1. The average Bonchev–Trinajstić information content (AvgIpc) is 3.32. The number of hydrogen-bond donors (Lipinski definition) is 2. The Balaban J connectivity index is 1.82. The summed E-state index contributed by atoms with van der Waals surface area (Å²) in [7, 11) is -0.473. The van der Waals surface area contributed by atoms with E-state index in [-0.39, 0.29) is 11.8 Å². The van der Waals surface area contributed by atoms with Gasteiger partial charge in [-0.05, 0) is 78.3 Å². The molecule has 0 spiro atoms. The minimum atomic E-state index is -1.07. The molecule has 1 saturated carbocycles. The van der Waals surface area contributed by atoms with E-state index < -0.39 is 42.0 Å². The number of nitrogens with one attached hydrogen (secondary N) is 1. The Morgan fingerprint density at radius 2 is 1.74 bits per heavy atom. The van der Waals surface area contributed by atoms with E-state index in [4.69, 9.17) is 14.0 Å². The molecule has 1 aromatic rings. The molecule has 1 heterocycles. The zero-order valence-corrected chi connectivity index (χ0v) is 22.1. The maximum Gasteiger partial charge on any atom is 0.494 e. The van der Waals surface area contributed by atoms with Crippen molar-refractivity contribution in [2.45, 2.75) is 97.0 Å². The summed E-state index contributed by atoms with van der Waals surface area (Å²) in [6.45, 7) is 13.3. The van der Waals surface area contributed by atoms with Crippen molar-refractivity contribution in [2.75, 3.05) is 0 Å². The second kappa shape index (κ2) is 10.4. The topological polar surface area (TPSA) is 94.1 Å². The molecule has 1 saturated heterocycles. The Morgan fingerprint density at radius 3 is 2.29 bits per heavy atom. The number of alkyl carbamates (subject to hydrolysis) is 1. The predicted molar refractivity (Wildman–Crippen MR) is 137 cm³/mol.